The Morgan fingerprint density at radius 1 is 1.17 bits per heavy atom. The second-order valence-electron chi connectivity index (χ2n) is 5.59. The fourth-order valence-corrected chi connectivity index (χ4v) is 2.76. The average Bonchev–Trinajstić information content (AvgIpc) is 2.44. The van der Waals surface area contributed by atoms with Crippen LogP contribution in [0, 0.1) is 13.8 Å². The summed E-state index contributed by atoms with van der Waals surface area (Å²) in [6, 6.07) is 7.75. The Balaban J connectivity index is 2.00. The van der Waals surface area contributed by atoms with Gasteiger partial charge in [-0.15, -0.1) is 0 Å². The van der Waals surface area contributed by atoms with Gasteiger partial charge in [0.1, 0.15) is 0 Å². The molecule has 0 fully saturated rings. The third kappa shape index (κ3) is 5.01. The highest BCUT2D eigenvalue weighted by Gasteiger charge is 2.11. The van der Waals surface area contributed by atoms with Gasteiger partial charge in [0.25, 0.3) is 5.91 Å². The normalized spacial score (nSPS) is 11.6. The molecule has 1 amide bonds. The summed E-state index contributed by atoms with van der Waals surface area (Å²) in [6.07, 6.45) is 1.63. The van der Waals surface area contributed by atoms with Crippen molar-refractivity contribution in [2.75, 3.05) is 19.3 Å². The predicted octanol–water partition coefficient (Wildman–Crippen LogP) is 1.52. The molecule has 0 radical (unpaired) electrons. The van der Waals surface area contributed by atoms with Crippen molar-refractivity contribution in [3.05, 3.63) is 41.1 Å². The van der Waals surface area contributed by atoms with Crippen LogP contribution < -0.4 is 10.0 Å². The molecular formula is C16H21N3O3S. The van der Waals surface area contributed by atoms with Gasteiger partial charge in [-0.1, -0.05) is 12.1 Å². The lowest BCUT2D eigenvalue weighted by molar-refractivity contribution is 0.0952. The van der Waals surface area contributed by atoms with E-state index in [9.17, 15) is 13.2 Å². The van der Waals surface area contributed by atoms with Gasteiger partial charge >= 0.3 is 0 Å². The van der Waals surface area contributed by atoms with Crippen molar-refractivity contribution in [3.63, 3.8) is 0 Å². The highest BCUT2D eigenvalue weighted by Crippen LogP contribution is 2.17. The first-order chi connectivity index (χ1) is 10.8. The van der Waals surface area contributed by atoms with Crippen molar-refractivity contribution in [2.24, 2.45) is 0 Å². The molecule has 0 aliphatic carbocycles. The molecule has 0 bridgehead atoms. The van der Waals surface area contributed by atoms with Gasteiger partial charge in [-0.25, -0.2) is 13.1 Å². The third-order valence-corrected chi connectivity index (χ3v) is 4.14. The number of aromatic nitrogens is 1. The Hall–Kier alpha value is -1.99. The second-order valence-corrected chi connectivity index (χ2v) is 7.43. The molecular weight excluding hydrogens is 314 g/mol. The van der Waals surface area contributed by atoms with E-state index in [0.717, 1.165) is 22.7 Å². The lowest BCUT2D eigenvalue weighted by Crippen LogP contribution is -2.29. The van der Waals surface area contributed by atoms with E-state index >= 15 is 0 Å². The highest BCUT2D eigenvalue weighted by atomic mass is 32.2. The minimum atomic E-state index is -3.18. The summed E-state index contributed by atoms with van der Waals surface area (Å²) < 4.78 is 24.3. The molecule has 23 heavy (non-hydrogen) atoms. The first-order valence-corrected chi connectivity index (χ1v) is 9.26. The van der Waals surface area contributed by atoms with Gasteiger partial charge in [-0.05, 0) is 38.0 Å². The van der Waals surface area contributed by atoms with Gasteiger partial charge in [0.05, 0.1) is 23.0 Å². The molecule has 7 heteroatoms. The van der Waals surface area contributed by atoms with Crippen LogP contribution in [0.5, 0.6) is 0 Å². The van der Waals surface area contributed by atoms with E-state index in [-0.39, 0.29) is 5.91 Å². The van der Waals surface area contributed by atoms with Gasteiger partial charge in [0.15, 0.2) is 0 Å². The summed E-state index contributed by atoms with van der Waals surface area (Å²) in [6.45, 7) is 4.50. The Labute approximate surface area is 136 Å². The van der Waals surface area contributed by atoms with Crippen molar-refractivity contribution >= 4 is 26.8 Å². The molecule has 0 saturated carbocycles. The summed E-state index contributed by atoms with van der Waals surface area (Å²) in [5, 5.41) is 3.71. The zero-order valence-corrected chi connectivity index (χ0v) is 14.3. The third-order valence-electron chi connectivity index (χ3n) is 3.41. The molecule has 0 aliphatic heterocycles. The Kier molecular flexibility index (Phi) is 5.33. The van der Waals surface area contributed by atoms with Crippen LogP contribution in [0.4, 0.5) is 0 Å². The number of aryl methyl sites for hydroxylation is 2. The zero-order chi connectivity index (χ0) is 17.0. The highest BCUT2D eigenvalue weighted by molar-refractivity contribution is 7.88. The number of sulfonamides is 1. The first-order valence-electron chi connectivity index (χ1n) is 7.37. The molecule has 0 atom stereocenters. The molecule has 1 heterocycles. The van der Waals surface area contributed by atoms with E-state index in [4.69, 9.17) is 0 Å². The smallest absolute Gasteiger partial charge is 0.253 e. The number of amides is 1. The van der Waals surface area contributed by atoms with Crippen molar-refractivity contribution in [1.29, 1.82) is 0 Å². The largest absolute Gasteiger partial charge is 0.352 e. The number of benzene rings is 1. The number of hydrogen-bond donors (Lipinski definition) is 2. The fourth-order valence-electron chi connectivity index (χ4n) is 2.25. The molecule has 6 nitrogen and oxygen atoms in total. The maximum atomic E-state index is 12.2. The molecule has 1 aromatic heterocycles. The molecule has 124 valence electrons. The summed E-state index contributed by atoms with van der Waals surface area (Å²) in [5.74, 6) is -0.197. The van der Waals surface area contributed by atoms with Gasteiger partial charge in [-0.2, -0.15) is 0 Å². The van der Waals surface area contributed by atoms with Crippen LogP contribution in [0.15, 0.2) is 24.3 Å². The number of carbonyl (C=O) groups excluding carboxylic acids is 1. The lowest BCUT2D eigenvalue weighted by atomic mass is 10.1. The average molecular weight is 335 g/mol. The van der Waals surface area contributed by atoms with Gasteiger partial charge in [-0.3, -0.25) is 9.78 Å². The maximum absolute atomic E-state index is 12.2. The van der Waals surface area contributed by atoms with E-state index in [2.05, 4.69) is 15.0 Å². The number of nitrogens with one attached hydrogen (secondary N) is 2. The predicted molar refractivity (Wildman–Crippen MR) is 91.0 cm³/mol. The van der Waals surface area contributed by atoms with Gasteiger partial charge in [0, 0.05) is 18.5 Å². The first kappa shape index (κ1) is 17.4. The van der Waals surface area contributed by atoms with Crippen LogP contribution in [0.1, 0.15) is 28.0 Å². The SMILES string of the molecule is Cc1ccc2cc(C(=O)NCCCNS(C)(=O)=O)c(C)nc2c1. The van der Waals surface area contributed by atoms with E-state index in [1.54, 1.807) is 0 Å². The number of rotatable bonds is 6. The summed E-state index contributed by atoms with van der Waals surface area (Å²) in [7, 11) is -3.18. The Bertz CT molecular complexity index is 832. The summed E-state index contributed by atoms with van der Waals surface area (Å²) in [4.78, 5) is 16.7. The van der Waals surface area contributed by atoms with E-state index in [1.165, 1.54) is 0 Å². The van der Waals surface area contributed by atoms with Crippen LogP contribution >= 0.6 is 0 Å². The van der Waals surface area contributed by atoms with E-state index in [0.29, 0.717) is 30.8 Å². The topological polar surface area (TPSA) is 88.2 Å². The molecule has 2 N–H and O–H groups in total. The number of fused-ring (bicyclic) bond motifs is 1. The molecule has 0 saturated heterocycles. The molecule has 0 spiro atoms. The molecule has 0 aliphatic rings. The number of nitrogens with zero attached hydrogens (tertiary/aromatic N) is 1. The second kappa shape index (κ2) is 7.06. The summed E-state index contributed by atoms with van der Waals surface area (Å²) >= 11 is 0. The van der Waals surface area contributed by atoms with Crippen molar-refractivity contribution < 1.29 is 13.2 Å². The summed E-state index contributed by atoms with van der Waals surface area (Å²) in [5.41, 5.74) is 3.21. The quantitative estimate of drug-likeness (QED) is 0.784. The molecule has 2 rings (SSSR count). The zero-order valence-electron chi connectivity index (χ0n) is 13.5. The molecule has 2 aromatic rings. The molecule has 0 unspecified atom stereocenters. The molecule has 1 aromatic carbocycles. The Morgan fingerprint density at radius 2 is 1.91 bits per heavy atom. The van der Waals surface area contributed by atoms with Gasteiger partial charge < -0.3 is 5.32 Å². The maximum Gasteiger partial charge on any atom is 0.253 e. The number of pyridine rings is 1. The fraction of sp³-hybridized carbons (Fsp3) is 0.375. The van der Waals surface area contributed by atoms with Crippen LogP contribution in [0.3, 0.4) is 0 Å². The van der Waals surface area contributed by atoms with Crippen molar-refractivity contribution in [3.8, 4) is 0 Å². The minimum absolute atomic E-state index is 0.197. The Morgan fingerprint density at radius 3 is 2.61 bits per heavy atom. The van der Waals surface area contributed by atoms with E-state index in [1.807, 2.05) is 38.1 Å². The van der Waals surface area contributed by atoms with Crippen LogP contribution in [0.25, 0.3) is 10.9 Å². The van der Waals surface area contributed by atoms with Crippen molar-refractivity contribution in [1.82, 2.24) is 15.0 Å². The number of hydrogen-bond acceptors (Lipinski definition) is 4. The van der Waals surface area contributed by atoms with Crippen LogP contribution in [-0.2, 0) is 10.0 Å². The van der Waals surface area contributed by atoms with Gasteiger partial charge in [0.2, 0.25) is 10.0 Å². The minimum Gasteiger partial charge on any atom is -0.352 e. The van der Waals surface area contributed by atoms with Crippen LogP contribution in [-0.4, -0.2) is 38.7 Å². The monoisotopic (exact) mass is 335 g/mol. The number of carbonyl (C=O) groups is 1. The van der Waals surface area contributed by atoms with Crippen LogP contribution in [0.2, 0.25) is 0 Å². The van der Waals surface area contributed by atoms with Crippen molar-refractivity contribution in [2.45, 2.75) is 20.3 Å². The lowest BCUT2D eigenvalue weighted by Gasteiger charge is -2.09. The standard InChI is InChI=1S/C16H21N3O3S/c1-11-5-6-13-10-14(12(2)19-15(13)9-11)16(20)17-7-4-8-18-23(3,21)22/h5-6,9-10,18H,4,7-8H2,1-3H3,(H,17,20). The van der Waals surface area contributed by atoms with E-state index < -0.39 is 10.0 Å².